The maximum Gasteiger partial charge on any atom is 0.254 e. The maximum absolute atomic E-state index is 12.7. The number of hydrogen-bond acceptors (Lipinski definition) is 3. The third-order valence-corrected chi connectivity index (χ3v) is 3.79. The lowest BCUT2D eigenvalue weighted by atomic mass is 10.0. The fourth-order valence-electron chi connectivity index (χ4n) is 2.82. The van der Waals surface area contributed by atoms with Gasteiger partial charge in [0.15, 0.2) is 0 Å². The van der Waals surface area contributed by atoms with Gasteiger partial charge in [0, 0.05) is 30.9 Å². The van der Waals surface area contributed by atoms with Crippen LogP contribution in [-0.4, -0.2) is 35.4 Å². The van der Waals surface area contributed by atoms with Gasteiger partial charge in [-0.3, -0.25) is 4.79 Å². The van der Waals surface area contributed by atoms with Crippen LogP contribution in [0.25, 0.3) is 0 Å². The molecule has 1 saturated heterocycles. The molecule has 0 saturated carbocycles. The molecule has 1 atom stereocenters. The highest BCUT2D eigenvalue weighted by atomic mass is 16.2. The summed E-state index contributed by atoms with van der Waals surface area (Å²) in [6.45, 7) is 7.17. The molecule has 1 N–H and O–H groups in total. The summed E-state index contributed by atoms with van der Waals surface area (Å²) in [5.41, 5.74) is 1.61. The van der Waals surface area contributed by atoms with E-state index in [4.69, 9.17) is 0 Å². The molecular weight excluding hydrogens is 238 g/mol. The third-order valence-electron chi connectivity index (χ3n) is 3.79. The first-order valence-corrected chi connectivity index (χ1v) is 7.00. The molecule has 1 aromatic heterocycles. The van der Waals surface area contributed by atoms with Crippen LogP contribution in [0.2, 0.25) is 0 Å². The number of carbonyl (C=O) groups excluding carboxylic acids is 1. The normalized spacial score (nSPS) is 19.0. The Morgan fingerprint density at radius 2 is 2.21 bits per heavy atom. The fraction of sp³-hybridized carbons (Fsp3) is 0.600. The van der Waals surface area contributed by atoms with Crippen LogP contribution in [0.5, 0.6) is 0 Å². The minimum Gasteiger partial charge on any atom is -0.373 e. The number of nitrogens with one attached hydrogen (secondary N) is 1. The van der Waals surface area contributed by atoms with Crippen molar-refractivity contribution in [1.29, 1.82) is 0 Å². The van der Waals surface area contributed by atoms with Gasteiger partial charge in [-0.05, 0) is 37.8 Å². The number of pyridine rings is 1. The van der Waals surface area contributed by atoms with Crippen molar-refractivity contribution in [2.75, 3.05) is 18.9 Å². The number of amides is 1. The smallest absolute Gasteiger partial charge is 0.254 e. The number of likely N-dealkylation sites (tertiary alicyclic amines) is 1. The number of aromatic nitrogens is 1. The molecule has 0 aromatic carbocycles. The Balaban J connectivity index is 2.26. The van der Waals surface area contributed by atoms with Gasteiger partial charge < -0.3 is 10.2 Å². The molecule has 0 aliphatic carbocycles. The van der Waals surface area contributed by atoms with E-state index in [0.29, 0.717) is 12.0 Å². The summed E-state index contributed by atoms with van der Waals surface area (Å²) >= 11 is 0. The predicted molar refractivity (Wildman–Crippen MR) is 77.4 cm³/mol. The third kappa shape index (κ3) is 2.88. The van der Waals surface area contributed by atoms with Gasteiger partial charge in [-0.25, -0.2) is 4.98 Å². The summed E-state index contributed by atoms with van der Waals surface area (Å²) in [7, 11) is 1.82. The molecule has 1 unspecified atom stereocenters. The second-order valence-electron chi connectivity index (χ2n) is 5.58. The fourth-order valence-corrected chi connectivity index (χ4v) is 2.82. The first-order chi connectivity index (χ1) is 9.02. The average Bonchev–Trinajstić information content (AvgIpc) is 2.86. The van der Waals surface area contributed by atoms with Crippen LogP contribution in [0, 0.1) is 12.8 Å². The molecule has 104 valence electrons. The number of rotatable bonds is 3. The first kappa shape index (κ1) is 13.8. The van der Waals surface area contributed by atoms with Gasteiger partial charge in [-0.15, -0.1) is 0 Å². The van der Waals surface area contributed by atoms with Crippen molar-refractivity contribution in [2.24, 2.45) is 5.92 Å². The summed E-state index contributed by atoms with van der Waals surface area (Å²) in [5, 5.41) is 3.01. The monoisotopic (exact) mass is 261 g/mol. The largest absolute Gasteiger partial charge is 0.373 e. The number of carbonyl (C=O) groups is 1. The van der Waals surface area contributed by atoms with Crippen molar-refractivity contribution in [3.8, 4) is 0 Å². The quantitative estimate of drug-likeness (QED) is 0.910. The van der Waals surface area contributed by atoms with E-state index >= 15 is 0 Å². The van der Waals surface area contributed by atoms with Gasteiger partial charge in [0.25, 0.3) is 5.91 Å². The molecule has 0 radical (unpaired) electrons. The van der Waals surface area contributed by atoms with Crippen LogP contribution in [0.15, 0.2) is 12.1 Å². The molecule has 2 heterocycles. The molecule has 0 spiro atoms. The molecule has 1 aromatic rings. The molecule has 1 amide bonds. The molecule has 4 heteroatoms. The molecule has 2 rings (SSSR count). The molecule has 4 nitrogen and oxygen atoms in total. The van der Waals surface area contributed by atoms with Crippen LogP contribution in [-0.2, 0) is 0 Å². The van der Waals surface area contributed by atoms with Gasteiger partial charge in [-0.1, -0.05) is 13.8 Å². The summed E-state index contributed by atoms with van der Waals surface area (Å²) in [6, 6.07) is 4.09. The van der Waals surface area contributed by atoms with E-state index in [-0.39, 0.29) is 5.91 Å². The molecule has 0 bridgehead atoms. The Bertz CT molecular complexity index is 470. The zero-order valence-corrected chi connectivity index (χ0v) is 12.2. The Morgan fingerprint density at radius 3 is 2.84 bits per heavy atom. The number of hydrogen-bond donors (Lipinski definition) is 1. The first-order valence-electron chi connectivity index (χ1n) is 7.00. The number of aryl methyl sites for hydroxylation is 1. The van der Waals surface area contributed by atoms with Crippen molar-refractivity contribution >= 4 is 11.7 Å². The van der Waals surface area contributed by atoms with Crippen molar-refractivity contribution in [3.63, 3.8) is 0 Å². The van der Waals surface area contributed by atoms with Gasteiger partial charge in [0.2, 0.25) is 0 Å². The second-order valence-corrected chi connectivity index (χ2v) is 5.58. The summed E-state index contributed by atoms with van der Waals surface area (Å²) < 4.78 is 0. The van der Waals surface area contributed by atoms with Crippen molar-refractivity contribution in [3.05, 3.63) is 23.4 Å². The van der Waals surface area contributed by atoms with Gasteiger partial charge in [0.1, 0.15) is 5.82 Å². The minimum atomic E-state index is 0.137. The van der Waals surface area contributed by atoms with Crippen LogP contribution in [0.4, 0.5) is 5.82 Å². The van der Waals surface area contributed by atoms with Gasteiger partial charge in [-0.2, -0.15) is 0 Å². The van der Waals surface area contributed by atoms with Crippen LogP contribution >= 0.6 is 0 Å². The van der Waals surface area contributed by atoms with E-state index in [0.717, 1.165) is 36.5 Å². The number of nitrogens with zero attached hydrogens (tertiary/aromatic N) is 2. The zero-order valence-electron chi connectivity index (χ0n) is 12.2. The second kappa shape index (κ2) is 5.59. The van der Waals surface area contributed by atoms with Gasteiger partial charge >= 0.3 is 0 Å². The standard InChI is InChI=1S/C15H23N3O/c1-10(2)13-6-5-7-18(13)15(19)12-8-11(3)17-14(9-12)16-4/h8-10,13H,5-7H2,1-4H3,(H,16,17). The molecule has 1 aliphatic heterocycles. The van der Waals surface area contributed by atoms with Crippen LogP contribution in [0.3, 0.4) is 0 Å². The zero-order chi connectivity index (χ0) is 14.0. The predicted octanol–water partition coefficient (Wildman–Crippen LogP) is 2.69. The molecule has 1 aliphatic rings. The Kier molecular flexibility index (Phi) is 4.08. The Hall–Kier alpha value is -1.58. The van der Waals surface area contributed by atoms with E-state index in [1.54, 1.807) is 0 Å². The highest BCUT2D eigenvalue weighted by Gasteiger charge is 2.31. The highest BCUT2D eigenvalue weighted by molar-refractivity contribution is 5.95. The van der Waals surface area contributed by atoms with Crippen molar-refractivity contribution in [1.82, 2.24) is 9.88 Å². The lowest BCUT2D eigenvalue weighted by molar-refractivity contribution is 0.0701. The van der Waals surface area contributed by atoms with Crippen LogP contribution < -0.4 is 5.32 Å². The lowest BCUT2D eigenvalue weighted by Gasteiger charge is -2.28. The van der Waals surface area contributed by atoms with E-state index in [9.17, 15) is 4.79 Å². The van der Waals surface area contributed by atoms with Crippen LogP contribution in [0.1, 0.15) is 42.7 Å². The van der Waals surface area contributed by atoms with Crippen molar-refractivity contribution in [2.45, 2.75) is 39.7 Å². The maximum atomic E-state index is 12.7. The highest BCUT2D eigenvalue weighted by Crippen LogP contribution is 2.26. The summed E-state index contributed by atoms with van der Waals surface area (Å²) in [5.74, 6) is 1.40. The summed E-state index contributed by atoms with van der Waals surface area (Å²) in [6.07, 6.45) is 2.23. The number of anilines is 1. The van der Waals surface area contributed by atoms with E-state index in [1.165, 1.54) is 0 Å². The SMILES string of the molecule is CNc1cc(C(=O)N2CCCC2C(C)C)cc(C)n1. The molecular formula is C15H23N3O. The van der Waals surface area contributed by atoms with Crippen molar-refractivity contribution < 1.29 is 4.79 Å². The van der Waals surface area contributed by atoms with E-state index in [1.807, 2.05) is 31.0 Å². The summed E-state index contributed by atoms with van der Waals surface area (Å²) in [4.78, 5) is 19.0. The van der Waals surface area contributed by atoms with E-state index < -0.39 is 0 Å². The van der Waals surface area contributed by atoms with Gasteiger partial charge in [0.05, 0.1) is 0 Å². The minimum absolute atomic E-state index is 0.137. The molecule has 19 heavy (non-hydrogen) atoms. The average molecular weight is 261 g/mol. The Labute approximate surface area is 115 Å². The molecule has 1 fully saturated rings. The lowest BCUT2D eigenvalue weighted by Crippen LogP contribution is -2.38. The van der Waals surface area contributed by atoms with E-state index in [2.05, 4.69) is 24.1 Å². The Morgan fingerprint density at radius 1 is 1.47 bits per heavy atom. The topological polar surface area (TPSA) is 45.2 Å².